The predicted molar refractivity (Wildman–Crippen MR) is 98.2 cm³/mol. The third-order valence-corrected chi connectivity index (χ3v) is 4.42. The van der Waals surface area contributed by atoms with Crippen molar-refractivity contribution in [3.05, 3.63) is 64.2 Å². The van der Waals surface area contributed by atoms with E-state index < -0.39 is 4.92 Å². The summed E-state index contributed by atoms with van der Waals surface area (Å²) in [6.07, 6.45) is 5.00. The summed E-state index contributed by atoms with van der Waals surface area (Å²) >= 11 is 0. The van der Waals surface area contributed by atoms with Crippen LogP contribution in [0.3, 0.4) is 0 Å². The lowest BCUT2D eigenvalue weighted by Gasteiger charge is -2.22. The van der Waals surface area contributed by atoms with Crippen molar-refractivity contribution in [1.82, 2.24) is 0 Å². The van der Waals surface area contributed by atoms with Crippen LogP contribution in [-0.2, 0) is 0 Å². The first-order valence-electron chi connectivity index (χ1n) is 8.54. The molecule has 1 N–H and O–H groups in total. The van der Waals surface area contributed by atoms with E-state index in [1.54, 1.807) is 6.07 Å². The molecule has 1 heterocycles. The van der Waals surface area contributed by atoms with E-state index in [-0.39, 0.29) is 17.2 Å². The molecule has 0 aliphatic carbocycles. The molecule has 0 aromatic heterocycles. The molecule has 6 heteroatoms. The second-order valence-corrected chi connectivity index (χ2v) is 6.21. The zero-order valence-electron chi connectivity index (χ0n) is 14.0. The summed E-state index contributed by atoms with van der Waals surface area (Å²) in [5.41, 5.74) is 2.01. The van der Waals surface area contributed by atoms with Crippen molar-refractivity contribution in [3.8, 4) is 0 Å². The molecule has 6 nitrogen and oxygen atoms in total. The summed E-state index contributed by atoms with van der Waals surface area (Å²) in [5, 5.41) is 13.6. The Kier molecular flexibility index (Phi) is 5.28. The number of hydrogen-bond donors (Lipinski definition) is 1. The van der Waals surface area contributed by atoms with Crippen LogP contribution in [0.5, 0.6) is 0 Å². The minimum absolute atomic E-state index is 0.0934. The first kappa shape index (κ1) is 17.0. The molecule has 1 saturated heterocycles. The Morgan fingerprint density at radius 2 is 1.68 bits per heavy atom. The van der Waals surface area contributed by atoms with Gasteiger partial charge in [-0.05, 0) is 43.2 Å². The molecule has 2 aromatic rings. The van der Waals surface area contributed by atoms with Gasteiger partial charge < -0.3 is 10.2 Å². The molecule has 0 unspecified atom stereocenters. The van der Waals surface area contributed by atoms with Gasteiger partial charge in [-0.15, -0.1) is 0 Å². The highest BCUT2D eigenvalue weighted by Crippen LogP contribution is 2.22. The maximum atomic E-state index is 12.3. The molecule has 1 fully saturated rings. The Morgan fingerprint density at radius 3 is 2.32 bits per heavy atom. The van der Waals surface area contributed by atoms with Crippen LogP contribution in [-0.4, -0.2) is 23.9 Å². The standard InChI is InChI=1S/C19H21N3O3/c23-19(15-6-5-7-18(14-15)22(24)25)20-16-8-10-17(11-9-16)21-12-3-1-2-4-13-21/h5-11,14H,1-4,12-13H2,(H,20,23). The Bertz CT molecular complexity index is 751. The summed E-state index contributed by atoms with van der Waals surface area (Å²) in [6, 6.07) is 13.5. The number of nitrogens with zero attached hydrogens (tertiary/aromatic N) is 2. The van der Waals surface area contributed by atoms with Gasteiger partial charge in [-0.3, -0.25) is 14.9 Å². The molecule has 3 rings (SSSR count). The summed E-state index contributed by atoms with van der Waals surface area (Å²) in [6.45, 7) is 2.14. The van der Waals surface area contributed by atoms with E-state index in [9.17, 15) is 14.9 Å². The molecular weight excluding hydrogens is 318 g/mol. The minimum Gasteiger partial charge on any atom is -0.372 e. The molecule has 0 atom stereocenters. The topological polar surface area (TPSA) is 75.5 Å². The van der Waals surface area contributed by atoms with E-state index in [1.165, 1.54) is 43.9 Å². The highest BCUT2D eigenvalue weighted by molar-refractivity contribution is 6.04. The molecule has 130 valence electrons. The van der Waals surface area contributed by atoms with Crippen LogP contribution in [0.1, 0.15) is 36.0 Å². The van der Waals surface area contributed by atoms with Gasteiger partial charge in [0.2, 0.25) is 0 Å². The van der Waals surface area contributed by atoms with Gasteiger partial charge >= 0.3 is 0 Å². The number of nitrogens with one attached hydrogen (secondary N) is 1. The number of nitro groups is 1. The van der Waals surface area contributed by atoms with Crippen molar-refractivity contribution in [3.63, 3.8) is 0 Å². The second-order valence-electron chi connectivity index (χ2n) is 6.21. The zero-order chi connectivity index (χ0) is 17.6. The average Bonchev–Trinajstić information content (AvgIpc) is 2.92. The Balaban J connectivity index is 1.67. The fourth-order valence-corrected chi connectivity index (χ4v) is 3.05. The number of amides is 1. The van der Waals surface area contributed by atoms with Crippen LogP contribution in [0.15, 0.2) is 48.5 Å². The number of carbonyl (C=O) groups is 1. The van der Waals surface area contributed by atoms with Crippen LogP contribution in [0.4, 0.5) is 17.1 Å². The normalized spacial score (nSPS) is 14.6. The minimum atomic E-state index is -0.507. The van der Waals surface area contributed by atoms with Crippen molar-refractivity contribution in [1.29, 1.82) is 0 Å². The van der Waals surface area contributed by atoms with E-state index in [0.29, 0.717) is 5.69 Å². The number of carbonyl (C=O) groups excluding carboxylic acids is 1. The summed E-state index contributed by atoms with van der Waals surface area (Å²) < 4.78 is 0. The molecule has 0 saturated carbocycles. The van der Waals surface area contributed by atoms with Crippen LogP contribution >= 0.6 is 0 Å². The molecule has 2 aromatic carbocycles. The number of benzene rings is 2. The maximum Gasteiger partial charge on any atom is 0.270 e. The third-order valence-electron chi connectivity index (χ3n) is 4.42. The highest BCUT2D eigenvalue weighted by atomic mass is 16.6. The number of rotatable bonds is 4. The fourth-order valence-electron chi connectivity index (χ4n) is 3.05. The Hall–Kier alpha value is -2.89. The molecule has 0 radical (unpaired) electrons. The Labute approximate surface area is 146 Å². The zero-order valence-corrected chi connectivity index (χ0v) is 14.0. The lowest BCUT2D eigenvalue weighted by molar-refractivity contribution is -0.384. The lowest BCUT2D eigenvalue weighted by atomic mass is 10.2. The van der Waals surface area contributed by atoms with Crippen molar-refractivity contribution in [2.75, 3.05) is 23.3 Å². The number of non-ortho nitro benzene ring substituents is 1. The van der Waals surface area contributed by atoms with E-state index in [4.69, 9.17) is 0 Å². The first-order valence-corrected chi connectivity index (χ1v) is 8.54. The molecule has 0 bridgehead atoms. The highest BCUT2D eigenvalue weighted by Gasteiger charge is 2.13. The van der Waals surface area contributed by atoms with Crippen LogP contribution in [0.2, 0.25) is 0 Å². The smallest absolute Gasteiger partial charge is 0.270 e. The summed E-state index contributed by atoms with van der Waals surface area (Å²) in [5.74, 6) is -0.355. The average molecular weight is 339 g/mol. The van der Waals surface area contributed by atoms with Crippen LogP contribution < -0.4 is 10.2 Å². The molecular formula is C19H21N3O3. The first-order chi connectivity index (χ1) is 12.1. The van der Waals surface area contributed by atoms with Gasteiger partial charge in [0.1, 0.15) is 0 Å². The fraction of sp³-hybridized carbons (Fsp3) is 0.316. The summed E-state index contributed by atoms with van der Waals surface area (Å²) in [7, 11) is 0. The summed E-state index contributed by atoms with van der Waals surface area (Å²) in [4.78, 5) is 25.0. The van der Waals surface area contributed by atoms with E-state index in [0.717, 1.165) is 18.8 Å². The molecule has 1 amide bonds. The SMILES string of the molecule is O=C(Nc1ccc(N2CCCCCC2)cc1)c1cccc([N+](=O)[O-])c1. The predicted octanol–water partition coefficient (Wildman–Crippen LogP) is 4.23. The van der Waals surface area contributed by atoms with Gasteiger partial charge in [-0.2, -0.15) is 0 Å². The van der Waals surface area contributed by atoms with E-state index >= 15 is 0 Å². The van der Waals surface area contributed by atoms with Gasteiger partial charge in [0.15, 0.2) is 0 Å². The number of anilines is 2. The van der Waals surface area contributed by atoms with Crippen LogP contribution in [0, 0.1) is 10.1 Å². The van der Waals surface area contributed by atoms with E-state index in [2.05, 4.69) is 10.2 Å². The molecule has 25 heavy (non-hydrogen) atoms. The van der Waals surface area contributed by atoms with Gasteiger partial charge in [0.25, 0.3) is 11.6 Å². The molecule has 1 aliphatic heterocycles. The van der Waals surface area contributed by atoms with Crippen molar-refractivity contribution >= 4 is 23.0 Å². The lowest BCUT2D eigenvalue weighted by Crippen LogP contribution is -2.23. The van der Waals surface area contributed by atoms with Crippen molar-refractivity contribution < 1.29 is 9.72 Å². The van der Waals surface area contributed by atoms with Gasteiger partial charge in [0, 0.05) is 42.2 Å². The largest absolute Gasteiger partial charge is 0.372 e. The van der Waals surface area contributed by atoms with Crippen molar-refractivity contribution in [2.24, 2.45) is 0 Å². The van der Waals surface area contributed by atoms with Crippen LogP contribution in [0.25, 0.3) is 0 Å². The maximum absolute atomic E-state index is 12.3. The second kappa shape index (κ2) is 7.79. The molecule has 1 aliphatic rings. The number of hydrogen-bond acceptors (Lipinski definition) is 4. The van der Waals surface area contributed by atoms with Gasteiger partial charge in [-0.25, -0.2) is 0 Å². The monoisotopic (exact) mass is 339 g/mol. The van der Waals surface area contributed by atoms with E-state index in [1.807, 2.05) is 24.3 Å². The molecule has 0 spiro atoms. The Morgan fingerprint density at radius 1 is 1.00 bits per heavy atom. The van der Waals surface area contributed by atoms with Gasteiger partial charge in [-0.1, -0.05) is 18.9 Å². The van der Waals surface area contributed by atoms with Gasteiger partial charge in [0.05, 0.1) is 4.92 Å². The third kappa shape index (κ3) is 4.35. The number of nitro benzene ring substituents is 1. The quantitative estimate of drug-likeness (QED) is 0.668. The van der Waals surface area contributed by atoms with Crippen molar-refractivity contribution in [2.45, 2.75) is 25.7 Å².